The second-order valence-corrected chi connectivity index (χ2v) is 3.70. The molecule has 0 unspecified atom stereocenters. The molecule has 2 aromatic carbocycles. The minimum atomic E-state index is -0.332. The Labute approximate surface area is 104 Å². The summed E-state index contributed by atoms with van der Waals surface area (Å²) in [6.45, 7) is 0.367. The third-order valence-electron chi connectivity index (χ3n) is 2.44. The summed E-state index contributed by atoms with van der Waals surface area (Å²) >= 11 is 0. The molecule has 0 heterocycles. The molecule has 0 aliphatic heterocycles. The molecule has 18 heavy (non-hydrogen) atoms. The summed E-state index contributed by atoms with van der Waals surface area (Å²) in [4.78, 5) is 0. The van der Waals surface area contributed by atoms with Crippen molar-refractivity contribution >= 4 is 0 Å². The number of nitriles is 1. The molecule has 0 spiro atoms. The summed E-state index contributed by atoms with van der Waals surface area (Å²) in [6, 6.07) is 12.8. The van der Waals surface area contributed by atoms with Gasteiger partial charge in [-0.15, -0.1) is 0 Å². The van der Waals surface area contributed by atoms with Gasteiger partial charge in [0.25, 0.3) is 0 Å². The zero-order valence-corrected chi connectivity index (χ0v) is 9.56. The van der Waals surface area contributed by atoms with E-state index in [-0.39, 0.29) is 5.82 Å². The van der Waals surface area contributed by atoms with Crippen molar-refractivity contribution < 1.29 is 9.13 Å². The van der Waals surface area contributed by atoms with Crippen LogP contribution in [0.2, 0.25) is 0 Å². The monoisotopic (exact) mass is 242 g/mol. The van der Waals surface area contributed by atoms with Crippen molar-refractivity contribution in [1.29, 1.82) is 5.26 Å². The van der Waals surface area contributed by atoms with E-state index in [0.29, 0.717) is 23.6 Å². The number of hydrogen-bond acceptors (Lipinski definition) is 3. The van der Waals surface area contributed by atoms with Gasteiger partial charge >= 0.3 is 0 Å². The molecule has 0 fully saturated rings. The number of hydrogen-bond donors (Lipinski definition) is 1. The topological polar surface area (TPSA) is 59.0 Å². The first-order chi connectivity index (χ1) is 8.72. The SMILES string of the molecule is N#Cc1cc(CN)ccc1Oc1ccc(F)cc1. The maximum atomic E-state index is 12.7. The Bertz CT molecular complexity index is 588. The molecule has 90 valence electrons. The van der Waals surface area contributed by atoms with Gasteiger partial charge in [-0.3, -0.25) is 0 Å². The van der Waals surface area contributed by atoms with Gasteiger partial charge in [0, 0.05) is 6.54 Å². The Morgan fingerprint density at radius 1 is 1.17 bits per heavy atom. The van der Waals surface area contributed by atoms with Crippen LogP contribution >= 0.6 is 0 Å². The van der Waals surface area contributed by atoms with E-state index in [1.165, 1.54) is 24.3 Å². The molecule has 2 rings (SSSR count). The van der Waals surface area contributed by atoms with Crippen LogP contribution in [0.3, 0.4) is 0 Å². The van der Waals surface area contributed by atoms with Crippen LogP contribution in [0.1, 0.15) is 11.1 Å². The Balaban J connectivity index is 2.29. The normalized spacial score (nSPS) is 9.83. The highest BCUT2D eigenvalue weighted by molar-refractivity contribution is 5.47. The molecule has 4 heteroatoms. The highest BCUT2D eigenvalue weighted by atomic mass is 19.1. The Kier molecular flexibility index (Phi) is 3.56. The smallest absolute Gasteiger partial charge is 0.145 e. The molecular formula is C14H11FN2O. The molecule has 0 saturated heterocycles. The number of nitrogens with two attached hydrogens (primary N) is 1. The highest BCUT2D eigenvalue weighted by Crippen LogP contribution is 2.25. The minimum absolute atomic E-state index is 0.332. The molecule has 0 atom stereocenters. The van der Waals surface area contributed by atoms with Crippen LogP contribution < -0.4 is 10.5 Å². The van der Waals surface area contributed by atoms with E-state index in [1.807, 2.05) is 6.07 Å². The predicted octanol–water partition coefficient (Wildman–Crippen LogP) is 2.95. The van der Waals surface area contributed by atoms with Gasteiger partial charge in [-0.2, -0.15) is 5.26 Å². The third-order valence-corrected chi connectivity index (χ3v) is 2.44. The van der Waals surface area contributed by atoms with E-state index < -0.39 is 0 Å². The van der Waals surface area contributed by atoms with Crippen LogP contribution in [0.15, 0.2) is 42.5 Å². The van der Waals surface area contributed by atoms with Crippen LogP contribution in [0.5, 0.6) is 11.5 Å². The second-order valence-electron chi connectivity index (χ2n) is 3.70. The predicted molar refractivity (Wildman–Crippen MR) is 65.5 cm³/mol. The first kappa shape index (κ1) is 12.1. The molecule has 0 aliphatic carbocycles. The number of benzene rings is 2. The van der Waals surface area contributed by atoms with Crippen LogP contribution in [0.25, 0.3) is 0 Å². The summed E-state index contributed by atoms with van der Waals surface area (Å²) in [5, 5.41) is 9.03. The number of ether oxygens (including phenoxy) is 1. The van der Waals surface area contributed by atoms with E-state index in [1.54, 1.807) is 18.2 Å². The van der Waals surface area contributed by atoms with Crippen LogP contribution in [0, 0.1) is 17.1 Å². The fraction of sp³-hybridized carbons (Fsp3) is 0.0714. The van der Waals surface area contributed by atoms with Crippen molar-refractivity contribution in [1.82, 2.24) is 0 Å². The lowest BCUT2D eigenvalue weighted by atomic mass is 10.1. The third kappa shape index (κ3) is 2.65. The largest absolute Gasteiger partial charge is 0.456 e. The Morgan fingerprint density at radius 2 is 1.89 bits per heavy atom. The zero-order valence-electron chi connectivity index (χ0n) is 9.56. The van der Waals surface area contributed by atoms with Gasteiger partial charge in [0.1, 0.15) is 23.4 Å². The molecule has 0 bridgehead atoms. The average molecular weight is 242 g/mol. The van der Waals surface area contributed by atoms with E-state index >= 15 is 0 Å². The van der Waals surface area contributed by atoms with Gasteiger partial charge in [-0.05, 0) is 42.0 Å². The molecule has 2 N–H and O–H groups in total. The molecular weight excluding hydrogens is 231 g/mol. The van der Waals surface area contributed by atoms with Crippen LogP contribution in [0.4, 0.5) is 4.39 Å². The summed E-state index contributed by atoms with van der Waals surface area (Å²) in [5.41, 5.74) is 6.76. The number of nitrogens with zero attached hydrogens (tertiary/aromatic N) is 1. The molecule has 2 aromatic rings. The van der Waals surface area contributed by atoms with Crippen molar-refractivity contribution in [3.8, 4) is 17.6 Å². The zero-order chi connectivity index (χ0) is 13.0. The lowest BCUT2D eigenvalue weighted by Crippen LogP contribution is -1.97. The Morgan fingerprint density at radius 3 is 2.50 bits per heavy atom. The summed E-state index contributed by atoms with van der Waals surface area (Å²) < 4.78 is 18.3. The summed E-state index contributed by atoms with van der Waals surface area (Å²) in [6.07, 6.45) is 0. The minimum Gasteiger partial charge on any atom is -0.456 e. The van der Waals surface area contributed by atoms with E-state index in [9.17, 15) is 4.39 Å². The average Bonchev–Trinajstić information content (AvgIpc) is 2.41. The first-order valence-corrected chi connectivity index (χ1v) is 5.39. The van der Waals surface area contributed by atoms with Gasteiger partial charge in [0.15, 0.2) is 0 Å². The molecule has 0 amide bonds. The van der Waals surface area contributed by atoms with Gasteiger partial charge in [0.2, 0.25) is 0 Å². The van der Waals surface area contributed by atoms with Crippen molar-refractivity contribution in [3.63, 3.8) is 0 Å². The number of rotatable bonds is 3. The van der Waals surface area contributed by atoms with Gasteiger partial charge in [0.05, 0.1) is 5.56 Å². The molecule has 0 saturated carbocycles. The van der Waals surface area contributed by atoms with Gasteiger partial charge in [-0.1, -0.05) is 6.07 Å². The van der Waals surface area contributed by atoms with Crippen LogP contribution in [-0.4, -0.2) is 0 Å². The molecule has 0 radical (unpaired) electrons. The van der Waals surface area contributed by atoms with Crippen molar-refractivity contribution in [2.75, 3.05) is 0 Å². The van der Waals surface area contributed by atoms with Crippen molar-refractivity contribution in [2.45, 2.75) is 6.54 Å². The van der Waals surface area contributed by atoms with E-state index in [0.717, 1.165) is 5.56 Å². The molecule has 0 aromatic heterocycles. The maximum absolute atomic E-state index is 12.7. The lowest BCUT2D eigenvalue weighted by molar-refractivity contribution is 0.479. The maximum Gasteiger partial charge on any atom is 0.145 e. The van der Waals surface area contributed by atoms with Crippen molar-refractivity contribution in [2.24, 2.45) is 5.73 Å². The summed E-state index contributed by atoms with van der Waals surface area (Å²) in [5.74, 6) is 0.580. The first-order valence-electron chi connectivity index (χ1n) is 5.39. The quantitative estimate of drug-likeness (QED) is 0.900. The van der Waals surface area contributed by atoms with Gasteiger partial charge < -0.3 is 10.5 Å². The van der Waals surface area contributed by atoms with E-state index in [2.05, 4.69) is 0 Å². The lowest BCUT2D eigenvalue weighted by Gasteiger charge is -2.08. The fourth-order valence-corrected chi connectivity index (χ4v) is 1.51. The Hall–Kier alpha value is -2.38. The van der Waals surface area contributed by atoms with E-state index in [4.69, 9.17) is 15.7 Å². The number of halogens is 1. The van der Waals surface area contributed by atoms with Crippen LogP contribution in [-0.2, 0) is 6.54 Å². The second kappa shape index (κ2) is 5.30. The highest BCUT2D eigenvalue weighted by Gasteiger charge is 2.05. The van der Waals surface area contributed by atoms with Gasteiger partial charge in [-0.25, -0.2) is 4.39 Å². The molecule has 0 aliphatic rings. The molecule has 3 nitrogen and oxygen atoms in total. The van der Waals surface area contributed by atoms with Crippen molar-refractivity contribution in [3.05, 3.63) is 59.4 Å². The fourth-order valence-electron chi connectivity index (χ4n) is 1.51. The summed E-state index contributed by atoms with van der Waals surface area (Å²) in [7, 11) is 0. The standard InChI is InChI=1S/C14H11FN2O/c15-12-2-4-13(5-3-12)18-14-6-1-10(8-16)7-11(14)9-17/h1-7H,8,16H2.